The van der Waals surface area contributed by atoms with E-state index in [0.29, 0.717) is 51.3 Å². The zero-order valence-corrected chi connectivity index (χ0v) is 21.4. The first-order chi connectivity index (χ1) is 18.8. The van der Waals surface area contributed by atoms with Crippen LogP contribution in [0.3, 0.4) is 0 Å². The number of alkyl halides is 6. The van der Waals surface area contributed by atoms with Gasteiger partial charge in [-0.3, -0.25) is 10.1 Å². The van der Waals surface area contributed by atoms with Gasteiger partial charge < -0.3 is 20.4 Å². The highest BCUT2D eigenvalue weighted by atomic mass is 19.4. The number of urea groups is 1. The number of piperazine rings is 1. The van der Waals surface area contributed by atoms with Crippen LogP contribution in [-0.4, -0.2) is 54.6 Å². The molecule has 2 N–H and O–H groups in total. The molecule has 1 saturated heterocycles. The monoisotopic (exact) mass is 573 g/mol. The normalized spacial score (nSPS) is 20.2. The maximum absolute atomic E-state index is 13.2. The first kappa shape index (κ1) is 29.3. The Balaban J connectivity index is 1.19. The van der Waals surface area contributed by atoms with Crippen molar-refractivity contribution in [3.8, 4) is 0 Å². The Morgan fingerprint density at radius 3 is 2.08 bits per heavy atom. The molecule has 0 unspecified atom stereocenters. The Bertz CT molecular complexity index is 1190. The number of hydrogen-bond donors (Lipinski definition) is 2. The second-order valence-electron chi connectivity index (χ2n) is 10.1. The Labute approximate surface area is 226 Å². The third-order valence-electron chi connectivity index (χ3n) is 7.38. The quantitative estimate of drug-likeness (QED) is 0.246. The number of nitro benzene ring substituents is 1. The fourth-order valence-electron chi connectivity index (χ4n) is 5.13. The van der Waals surface area contributed by atoms with E-state index in [4.69, 9.17) is 0 Å². The molecule has 0 atom stereocenters. The summed E-state index contributed by atoms with van der Waals surface area (Å²) in [5.41, 5.74) is -2.15. The number of anilines is 2. The van der Waals surface area contributed by atoms with Gasteiger partial charge in [0.15, 0.2) is 0 Å². The Morgan fingerprint density at radius 1 is 0.900 bits per heavy atom. The lowest BCUT2D eigenvalue weighted by Gasteiger charge is -2.36. The Kier molecular flexibility index (Phi) is 8.64. The van der Waals surface area contributed by atoms with E-state index in [1.165, 1.54) is 18.2 Å². The lowest BCUT2D eigenvalue weighted by atomic mass is 9.86. The van der Waals surface area contributed by atoms with Gasteiger partial charge in [-0.2, -0.15) is 26.3 Å². The maximum Gasteiger partial charge on any atom is 0.423 e. The average molecular weight is 574 g/mol. The number of amides is 2. The molecule has 2 amide bonds. The number of carbonyl (C=O) groups is 1. The highest BCUT2D eigenvalue weighted by Gasteiger charge is 2.38. The number of carbonyl (C=O) groups excluding carboxylic acids is 1. The number of nitrogens with one attached hydrogen (secondary N) is 2. The fourth-order valence-corrected chi connectivity index (χ4v) is 5.13. The van der Waals surface area contributed by atoms with Crippen molar-refractivity contribution in [3.05, 3.63) is 63.7 Å². The minimum absolute atomic E-state index is 0.0900. The second kappa shape index (κ2) is 11.8. The second-order valence-corrected chi connectivity index (χ2v) is 10.1. The van der Waals surface area contributed by atoms with Crippen LogP contribution >= 0.6 is 0 Å². The zero-order chi connectivity index (χ0) is 29.1. The van der Waals surface area contributed by atoms with E-state index in [9.17, 15) is 41.3 Å². The fraction of sp³-hybridized carbons (Fsp3) is 0.500. The smallest absolute Gasteiger partial charge is 0.382 e. The zero-order valence-electron chi connectivity index (χ0n) is 21.4. The molecule has 40 heavy (non-hydrogen) atoms. The first-order valence-corrected chi connectivity index (χ1v) is 12.9. The average Bonchev–Trinajstić information content (AvgIpc) is 2.91. The lowest BCUT2D eigenvalue weighted by molar-refractivity contribution is -0.388. The predicted molar refractivity (Wildman–Crippen MR) is 136 cm³/mol. The van der Waals surface area contributed by atoms with E-state index in [-0.39, 0.29) is 23.7 Å². The van der Waals surface area contributed by atoms with Gasteiger partial charge in [0.2, 0.25) is 0 Å². The molecule has 1 saturated carbocycles. The maximum atomic E-state index is 13.2. The molecule has 2 fully saturated rings. The summed E-state index contributed by atoms with van der Waals surface area (Å²) < 4.78 is 78.1. The highest BCUT2D eigenvalue weighted by Crippen LogP contribution is 2.38. The lowest BCUT2D eigenvalue weighted by Crippen LogP contribution is -2.52. The molecule has 4 rings (SSSR count). The van der Waals surface area contributed by atoms with Gasteiger partial charge in [-0.25, -0.2) is 4.79 Å². The van der Waals surface area contributed by atoms with E-state index in [2.05, 4.69) is 10.6 Å². The minimum atomic E-state index is -4.84. The summed E-state index contributed by atoms with van der Waals surface area (Å²) in [6, 6.07) is 7.55. The highest BCUT2D eigenvalue weighted by molar-refractivity contribution is 5.74. The molecular weight excluding hydrogens is 544 g/mol. The number of halogens is 6. The molecule has 1 aliphatic carbocycles. The van der Waals surface area contributed by atoms with E-state index in [1.54, 1.807) is 4.90 Å². The minimum Gasteiger partial charge on any atom is -0.382 e. The van der Waals surface area contributed by atoms with E-state index < -0.39 is 34.1 Å². The molecule has 0 radical (unpaired) electrons. The molecule has 8 nitrogen and oxygen atoms in total. The molecule has 14 heteroatoms. The van der Waals surface area contributed by atoms with Crippen molar-refractivity contribution < 1.29 is 36.1 Å². The van der Waals surface area contributed by atoms with Crippen LogP contribution in [-0.2, 0) is 12.4 Å². The Hall–Kier alpha value is -3.71. The van der Waals surface area contributed by atoms with Gasteiger partial charge in [0, 0.05) is 56.2 Å². The topological polar surface area (TPSA) is 90.7 Å². The summed E-state index contributed by atoms with van der Waals surface area (Å²) >= 11 is 0. The van der Waals surface area contributed by atoms with Crippen molar-refractivity contribution >= 4 is 23.1 Å². The summed E-state index contributed by atoms with van der Waals surface area (Å²) in [7, 11) is 0. The summed E-state index contributed by atoms with van der Waals surface area (Å²) in [5, 5.41) is 16.9. The third kappa shape index (κ3) is 7.27. The summed E-state index contributed by atoms with van der Waals surface area (Å²) in [4.78, 5) is 26.1. The molecule has 1 aliphatic heterocycles. The molecule has 218 valence electrons. The SMILES string of the molecule is O=C(NC[C@H]1CC[C@H](Nc2ccc([N+](=O)[O-])c(C(F)(F)F)c2)CC1)N1CCN(c2ccc(C(F)(F)F)cc2)CC1. The van der Waals surface area contributed by atoms with Crippen molar-refractivity contribution in [2.45, 2.75) is 44.1 Å². The molecule has 2 aromatic rings. The first-order valence-electron chi connectivity index (χ1n) is 12.9. The van der Waals surface area contributed by atoms with Crippen molar-refractivity contribution in [3.63, 3.8) is 0 Å². The largest absolute Gasteiger partial charge is 0.423 e. The van der Waals surface area contributed by atoms with Crippen LogP contribution in [0.5, 0.6) is 0 Å². The Morgan fingerprint density at radius 2 is 1.52 bits per heavy atom. The summed E-state index contributed by atoms with van der Waals surface area (Å²) in [5.74, 6) is 0.207. The molecular formula is C26H29F6N5O3. The standard InChI is InChI=1S/C26H29F6N5O3/c27-25(28,29)18-3-8-21(9-4-18)35-11-13-36(14-12-35)24(38)33-16-17-1-5-19(6-2-17)34-20-7-10-23(37(39)40)22(15-20)26(30,31)32/h3-4,7-10,15,17,19,34H,1-2,5-6,11-14,16H2,(H,33,38)/t17-,19-. The van der Waals surface area contributed by atoms with Crippen LogP contribution in [0.15, 0.2) is 42.5 Å². The van der Waals surface area contributed by atoms with Crippen LogP contribution in [0.4, 0.5) is 48.2 Å². The van der Waals surface area contributed by atoms with Crippen molar-refractivity contribution in [1.82, 2.24) is 10.2 Å². The van der Waals surface area contributed by atoms with Gasteiger partial charge in [0.1, 0.15) is 5.56 Å². The van der Waals surface area contributed by atoms with Crippen LogP contribution in [0.25, 0.3) is 0 Å². The summed E-state index contributed by atoms with van der Waals surface area (Å²) in [6.45, 7) is 2.31. The number of hydrogen-bond acceptors (Lipinski definition) is 5. The van der Waals surface area contributed by atoms with Gasteiger partial charge in [-0.05, 0) is 68.0 Å². The van der Waals surface area contributed by atoms with Gasteiger partial charge in [-0.1, -0.05) is 0 Å². The van der Waals surface area contributed by atoms with Gasteiger partial charge >= 0.3 is 18.4 Å². The molecule has 0 spiro atoms. The van der Waals surface area contributed by atoms with Crippen molar-refractivity contribution in [1.29, 1.82) is 0 Å². The van der Waals surface area contributed by atoms with E-state index >= 15 is 0 Å². The third-order valence-corrected chi connectivity index (χ3v) is 7.38. The predicted octanol–water partition coefficient (Wildman–Crippen LogP) is 6.13. The molecule has 1 heterocycles. The van der Waals surface area contributed by atoms with Crippen LogP contribution in [0.2, 0.25) is 0 Å². The molecule has 0 aromatic heterocycles. The van der Waals surface area contributed by atoms with Gasteiger partial charge in [0.25, 0.3) is 5.69 Å². The number of benzene rings is 2. The van der Waals surface area contributed by atoms with Crippen LogP contribution in [0, 0.1) is 16.0 Å². The van der Waals surface area contributed by atoms with Gasteiger partial charge in [0.05, 0.1) is 10.5 Å². The summed E-state index contributed by atoms with van der Waals surface area (Å²) in [6.07, 6.45) is -6.39. The van der Waals surface area contributed by atoms with Gasteiger partial charge in [-0.15, -0.1) is 0 Å². The number of nitrogens with zero attached hydrogens (tertiary/aromatic N) is 3. The molecule has 2 aliphatic rings. The van der Waals surface area contributed by atoms with Crippen LogP contribution < -0.4 is 15.5 Å². The van der Waals surface area contributed by atoms with E-state index in [0.717, 1.165) is 37.1 Å². The number of nitro groups is 1. The molecule has 2 aromatic carbocycles. The number of rotatable bonds is 6. The van der Waals surface area contributed by atoms with E-state index in [1.807, 2.05) is 4.90 Å². The van der Waals surface area contributed by atoms with Crippen molar-refractivity contribution in [2.24, 2.45) is 5.92 Å². The van der Waals surface area contributed by atoms with Crippen LogP contribution in [0.1, 0.15) is 36.8 Å². The van der Waals surface area contributed by atoms with Crippen molar-refractivity contribution in [2.75, 3.05) is 42.9 Å². The molecule has 0 bridgehead atoms.